The zero-order valence-corrected chi connectivity index (χ0v) is 17.7. The van der Waals surface area contributed by atoms with E-state index in [0.29, 0.717) is 13.0 Å². The lowest BCUT2D eigenvalue weighted by molar-refractivity contribution is -0.119. The molecule has 0 saturated carbocycles. The Morgan fingerprint density at radius 1 is 1.21 bits per heavy atom. The fourth-order valence-electron chi connectivity index (χ4n) is 3.71. The third-order valence-electron chi connectivity index (χ3n) is 5.38. The summed E-state index contributed by atoms with van der Waals surface area (Å²) in [5, 5.41) is 4.60. The molecule has 1 amide bonds. The van der Waals surface area contributed by atoms with Gasteiger partial charge in [-0.05, 0) is 39.4 Å². The van der Waals surface area contributed by atoms with Crippen LogP contribution in [0.1, 0.15) is 29.4 Å². The Hall–Kier alpha value is -2.19. The third-order valence-corrected chi connectivity index (χ3v) is 7.13. The maximum Gasteiger partial charge on any atom is 0.240 e. The first-order valence-electron chi connectivity index (χ1n) is 9.43. The summed E-state index contributed by atoms with van der Waals surface area (Å²) in [6.45, 7) is 4.79. The van der Waals surface area contributed by atoms with Crippen molar-refractivity contribution in [3.8, 4) is 0 Å². The highest BCUT2D eigenvalue weighted by molar-refractivity contribution is 7.91. The van der Waals surface area contributed by atoms with Crippen molar-refractivity contribution in [3.05, 3.63) is 47.3 Å². The van der Waals surface area contributed by atoms with Gasteiger partial charge in [0.15, 0.2) is 9.84 Å². The van der Waals surface area contributed by atoms with Gasteiger partial charge in [-0.3, -0.25) is 14.4 Å². The molecular formula is C20H28N4O3S. The second kappa shape index (κ2) is 8.05. The van der Waals surface area contributed by atoms with Gasteiger partial charge in [0.25, 0.3) is 0 Å². The van der Waals surface area contributed by atoms with Gasteiger partial charge in [0.2, 0.25) is 5.91 Å². The van der Waals surface area contributed by atoms with Gasteiger partial charge in [-0.25, -0.2) is 8.42 Å². The Morgan fingerprint density at radius 2 is 1.89 bits per heavy atom. The van der Waals surface area contributed by atoms with E-state index in [2.05, 4.69) is 5.10 Å². The third kappa shape index (κ3) is 4.44. The molecule has 1 aliphatic heterocycles. The number of hydrogen-bond donors (Lipinski definition) is 0. The number of anilines is 1. The van der Waals surface area contributed by atoms with E-state index in [1.54, 1.807) is 11.9 Å². The van der Waals surface area contributed by atoms with E-state index in [9.17, 15) is 13.2 Å². The molecule has 7 nitrogen and oxygen atoms in total. The van der Waals surface area contributed by atoms with Crippen molar-refractivity contribution in [2.45, 2.75) is 32.9 Å². The molecule has 2 heterocycles. The quantitative estimate of drug-likeness (QED) is 0.736. The first-order valence-corrected chi connectivity index (χ1v) is 11.2. The Bertz CT molecular complexity index is 953. The molecule has 3 rings (SSSR count). The normalized spacial score (nSPS) is 18.5. The van der Waals surface area contributed by atoms with Crippen LogP contribution in [0.4, 0.5) is 5.69 Å². The number of nitrogens with zero attached hydrogens (tertiary/aromatic N) is 4. The smallest absolute Gasteiger partial charge is 0.240 e. The first kappa shape index (κ1) is 20.5. The molecule has 1 aliphatic rings. The largest absolute Gasteiger partial charge is 0.314 e. The van der Waals surface area contributed by atoms with Crippen molar-refractivity contribution >= 4 is 21.4 Å². The molecule has 0 N–H and O–H groups in total. The molecule has 2 aromatic rings. The lowest BCUT2D eigenvalue weighted by Gasteiger charge is -2.22. The number of amides is 1. The minimum absolute atomic E-state index is 0.0123. The Balaban J connectivity index is 1.67. The highest BCUT2D eigenvalue weighted by Crippen LogP contribution is 2.27. The first-order chi connectivity index (χ1) is 13.2. The van der Waals surface area contributed by atoms with E-state index in [0.717, 1.165) is 22.6 Å². The number of sulfone groups is 1. The molecule has 8 heteroatoms. The molecular weight excluding hydrogens is 376 g/mol. The lowest BCUT2D eigenvalue weighted by Crippen LogP contribution is -2.36. The van der Waals surface area contributed by atoms with Crippen molar-refractivity contribution in [2.24, 2.45) is 0 Å². The van der Waals surface area contributed by atoms with Gasteiger partial charge in [0.1, 0.15) is 0 Å². The van der Waals surface area contributed by atoms with Crippen LogP contribution in [0.15, 0.2) is 30.3 Å². The summed E-state index contributed by atoms with van der Waals surface area (Å²) in [6.07, 6.45) is 0.611. The van der Waals surface area contributed by atoms with Crippen LogP contribution in [0.25, 0.3) is 0 Å². The zero-order valence-electron chi connectivity index (χ0n) is 16.9. The SMILES string of the molecule is Cc1nn([C@@H]2CCS(=O)(=O)C2)c(C)c1CN(C)CC(=O)N(C)c1ccccc1. The van der Waals surface area contributed by atoms with Crippen molar-refractivity contribution in [2.75, 3.05) is 37.0 Å². The Morgan fingerprint density at radius 3 is 2.50 bits per heavy atom. The number of benzene rings is 1. The van der Waals surface area contributed by atoms with Crippen molar-refractivity contribution in [1.82, 2.24) is 14.7 Å². The molecule has 1 saturated heterocycles. The second-order valence-corrected chi connectivity index (χ2v) is 9.84. The van der Waals surface area contributed by atoms with Crippen molar-refractivity contribution in [1.29, 1.82) is 0 Å². The molecule has 0 unspecified atom stereocenters. The lowest BCUT2D eigenvalue weighted by atomic mass is 10.1. The van der Waals surface area contributed by atoms with E-state index in [1.165, 1.54) is 0 Å². The summed E-state index contributed by atoms with van der Waals surface area (Å²) >= 11 is 0. The fraction of sp³-hybridized carbons (Fsp3) is 0.500. The van der Waals surface area contributed by atoms with Gasteiger partial charge in [0.05, 0.1) is 29.8 Å². The predicted molar refractivity (Wildman–Crippen MR) is 110 cm³/mol. The van der Waals surface area contributed by atoms with Gasteiger partial charge in [0, 0.05) is 30.5 Å². The van der Waals surface area contributed by atoms with Gasteiger partial charge in [-0.2, -0.15) is 5.10 Å². The molecule has 152 valence electrons. The molecule has 0 radical (unpaired) electrons. The summed E-state index contributed by atoms with van der Waals surface area (Å²) in [5.74, 6) is 0.397. The molecule has 0 aliphatic carbocycles. The standard InChI is InChI=1S/C20H28N4O3S/c1-15-19(16(2)24(21-15)18-10-11-28(26,27)14-18)12-22(3)13-20(25)23(4)17-8-6-5-7-9-17/h5-9,18H,10-14H2,1-4H3/t18-/m1/s1. The molecule has 28 heavy (non-hydrogen) atoms. The van der Waals surface area contributed by atoms with E-state index in [1.807, 2.05) is 60.8 Å². The summed E-state index contributed by atoms with van der Waals surface area (Å²) in [4.78, 5) is 16.2. The van der Waals surface area contributed by atoms with E-state index in [4.69, 9.17) is 0 Å². The fourth-order valence-corrected chi connectivity index (χ4v) is 5.40. The highest BCUT2D eigenvalue weighted by Gasteiger charge is 2.31. The predicted octanol–water partition coefficient (Wildman–Crippen LogP) is 1.95. The molecule has 0 bridgehead atoms. The van der Waals surface area contributed by atoms with Crippen LogP contribution in [0.5, 0.6) is 0 Å². The number of para-hydroxylation sites is 1. The molecule has 1 atom stereocenters. The average Bonchev–Trinajstić information content (AvgIpc) is 3.15. The van der Waals surface area contributed by atoms with Crippen LogP contribution in [0.3, 0.4) is 0 Å². The average molecular weight is 405 g/mol. The maximum atomic E-state index is 12.6. The number of aryl methyl sites for hydroxylation is 1. The highest BCUT2D eigenvalue weighted by atomic mass is 32.2. The molecule has 1 aromatic heterocycles. The monoisotopic (exact) mass is 404 g/mol. The number of hydrogen-bond acceptors (Lipinski definition) is 5. The van der Waals surface area contributed by atoms with Crippen LogP contribution in [-0.4, -0.2) is 61.2 Å². The summed E-state index contributed by atoms with van der Waals surface area (Å²) in [6, 6.07) is 9.47. The summed E-state index contributed by atoms with van der Waals surface area (Å²) < 4.78 is 25.5. The topological polar surface area (TPSA) is 75.5 Å². The molecule has 1 fully saturated rings. The second-order valence-electron chi connectivity index (χ2n) is 7.61. The summed E-state index contributed by atoms with van der Waals surface area (Å²) in [7, 11) is 0.728. The van der Waals surface area contributed by atoms with Crippen LogP contribution >= 0.6 is 0 Å². The minimum atomic E-state index is -2.96. The van der Waals surface area contributed by atoms with E-state index in [-0.39, 0.29) is 30.0 Å². The van der Waals surface area contributed by atoms with Crippen LogP contribution in [0.2, 0.25) is 0 Å². The molecule has 1 aromatic carbocycles. The number of aromatic nitrogens is 2. The zero-order chi connectivity index (χ0) is 20.5. The van der Waals surface area contributed by atoms with Gasteiger partial charge >= 0.3 is 0 Å². The number of rotatable bonds is 6. The maximum absolute atomic E-state index is 12.6. The summed E-state index contributed by atoms with van der Waals surface area (Å²) in [5.41, 5.74) is 3.79. The van der Waals surface area contributed by atoms with Crippen molar-refractivity contribution in [3.63, 3.8) is 0 Å². The Labute approximate surface area is 166 Å². The van der Waals surface area contributed by atoms with Crippen LogP contribution < -0.4 is 4.90 Å². The van der Waals surface area contributed by atoms with Crippen LogP contribution in [0, 0.1) is 13.8 Å². The number of likely N-dealkylation sites (N-methyl/N-ethyl adjacent to an activating group) is 2. The van der Waals surface area contributed by atoms with Gasteiger partial charge < -0.3 is 4.90 Å². The van der Waals surface area contributed by atoms with E-state index >= 15 is 0 Å². The van der Waals surface area contributed by atoms with Gasteiger partial charge in [-0.15, -0.1) is 0 Å². The molecule has 0 spiro atoms. The van der Waals surface area contributed by atoms with Gasteiger partial charge in [-0.1, -0.05) is 18.2 Å². The van der Waals surface area contributed by atoms with Crippen LogP contribution in [-0.2, 0) is 21.2 Å². The van der Waals surface area contributed by atoms with Crippen molar-refractivity contribution < 1.29 is 13.2 Å². The van der Waals surface area contributed by atoms with E-state index < -0.39 is 9.84 Å². The number of carbonyl (C=O) groups excluding carboxylic acids is 1. The Kier molecular flexibility index (Phi) is 5.90. The minimum Gasteiger partial charge on any atom is -0.314 e. The number of carbonyl (C=O) groups is 1.